The summed E-state index contributed by atoms with van der Waals surface area (Å²) in [5, 5.41) is 0. The van der Waals surface area contributed by atoms with E-state index >= 15 is 0 Å². The van der Waals surface area contributed by atoms with E-state index in [-0.39, 0.29) is 0 Å². The van der Waals surface area contributed by atoms with Gasteiger partial charge in [-0.25, -0.2) is 0 Å². The lowest BCUT2D eigenvalue weighted by Crippen LogP contribution is -2.51. The average Bonchev–Trinajstić information content (AvgIpc) is 2.78. The van der Waals surface area contributed by atoms with Crippen LogP contribution in [0.5, 0.6) is 0 Å². The molecule has 2 unspecified atom stereocenters. The molecule has 1 aliphatic carbocycles. The maximum absolute atomic E-state index is 6.27. The van der Waals surface area contributed by atoms with Crippen molar-refractivity contribution in [1.82, 2.24) is 4.90 Å². The number of nitrogens with two attached hydrogens (primary N) is 1. The second-order valence-electron chi connectivity index (χ2n) is 5.43. The van der Waals surface area contributed by atoms with E-state index in [0.717, 1.165) is 18.1 Å². The van der Waals surface area contributed by atoms with Crippen molar-refractivity contribution in [3.05, 3.63) is 0 Å². The largest absolute Gasteiger partial charge is 0.326 e. The molecule has 80 valence electrons. The predicted octanol–water partition coefficient (Wildman–Crippen LogP) is 1.88. The number of fused-ring (bicyclic) bond motifs is 2. The average molecular weight is 194 g/mol. The fraction of sp³-hybridized carbons (Fsp3) is 1.00. The second-order valence-corrected chi connectivity index (χ2v) is 5.43. The highest BCUT2D eigenvalue weighted by molar-refractivity contribution is 5.01. The third-order valence-electron chi connectivity index (χ3n) is 4.67. The Balaban J connectivity index is 1.74. The van der Waals surface area contributed by atoms with Crippen LogP contribution in [-0.2, 0) is 0 Å². The molecule has 0 aromatic rings. The quantitative estimate of drug-likeness (QED) is 0.690. The molecular weight excluding hydrogens is 172 g/mol. The normalized spacial score (nSPS) is 48.6. The molecule has 2 saturated heterocycles. The molecule has 2 atom stereocenters. The smallest absolute Gasteiger partial charge is 0.0253 e. The van der Waals surface area contributed by atoms with Gasteiger partial charge in [0.25, 0.3) is 0 Å². The van der Waals surface area contributed by atoms with E-state index in [9.17, 15) is 0 Å². The van der Waals surface area contributed by atoms with Gasteiger partial charge in [0.15, 0.2) is 0 Å². The molecule has 2 heteroatoms. The van der Waals surface area contributed by atoms with Gasteiger partial charge < -0.3 is 5.73 Å². The molecule has 2 heterocycles. The topological polar surface area (TPSA) is 29.3 Å². The van der Waals surface area contributed by atoms with Gasteiger partial charge in [-0.3, -0.25) is 4.90 Å². The third kappa shape index (κ3) is 1.31. The van der Waals surface area contributed by atoms with E-state index in [1.54, 1.807) is 0 Å². The van der Waals surface area contributed by atoms with Crippen LogP contribution in [-0.4, -0.2) is 29.1 Å². The minimum absolute atomic E-state index is 0.477. The summed E-state index contributed by atoms with van der Waals surface area (Å²) in [7, 11) is 0. The van der Waals surface area contributed by atoms with Crippen molar-refractivity contribution in [1.29, 1.82) is 0 Å². The van der Waals surface area contributed by atoms with Gasteiger partial charge in [0.05, 0.1) is 0 Å². The van der Waals surface area contributed by atoms with Gasteiger partial charge in [-0.2, -0.15) is 0 Å². The number of rotatable bonds is 1. The Kier molecular flexibility index (Phi) is 2.29. The first-order chi connectivity index (χ1) is 6.86. The molecule has 3 aliphatic rings. The summed E-state index contributed by atoms with van der Waals surface area (Å²) in [6, 6.07) is 3.04. The summed E-state index contributed by atoms with van der Waals surface area (Å²) in [6.07, 6.45) is 11.2. The van der Waals surface area contributed by atoms with Crippen LogP contribution >= 0.6 is 0 Å². The zero-order valence-electron chi connectivity index (χ0n) is 8.99. The fourth-order valence-electron chi connectivity index (χ4n) is 4.00. The van der Waals surface area contributed by atoms with Crippen molar-refractivity contribution < 1.29 is 0 Å². The van der Waals surface area contributed by atoms with E-state index in [2.05, 4.69) is 4.90 Å². The van der Waals surface area contributed by atoms with Crippen LogP contribution in [0.1, 0.15) is 51.4 Å². The number of hydrogen-bond acceptors (Lipinski definition) is 2. The molecular formula is C12H22N2. The van der Waals surface area contributed by atoms with Crippen molar-refractivity contribution in [2.24, 2.45) is 5.73 Å². The molecule has 2 bridgehead atoms. The van der Waals surface area contributed by atoms with E-state index in [1.807, 2.05) is 0 Å². The second kappa shape index (κ2) is 3.49. The van der Waals surface area contributed by atoms with Crippen molar-refractivity contribution in [3.63, 3.8) is 0 Å². The summed E-state index contributed by atoms with van der Waals surface area (Å²) in [4.78, 5) is 2.81. The lowest BCUT2D eigenvalue weighted by molar-refractivity contribution is 0.120. The van der Waals surface area contributed by atoms with E-state index in [0.29, 0.717) is 6.04 Å². The van der Waals surface area contributed by atoms with Gasteiger partial charge in [0.2, 0.25) is 0 Å². The number of hydrogen-bond donors (Lipinski definition) is 1. The predicted molar refractivity (Wildman–Crippen MR) is 58.1 cm³/mol. The van der Waals surface area contributed by atoms with Crippen LogP contribution in [0.3, 0.4) is 0 Å². The summed E-state index contributed by atoms with van der Waals surface area (Å²) in [5.74, 6) is 0. The minimum Gasteiger partial charge on any atom is -0.326 e. The first-order valence-corrected chi connectivity index (χ1v) is 6.39. The summed E-state index contributed by atoms with van der Waals surface area (Å²) in [5.41, 5.74) is 6.27. The molecule has 14 heavy (non-hydrogen) atoms. The Morgan fingerprint density at radius 2 is 1.36 bits per heavy atom. The maximum Gasteiger partial charge on any atom is 0.0253 e. The fourth-order valence-corrected chi connectivity index (χ4v) is 4.00. The first-order valence-electron chi connectivity index (χ1n) is 6.39. The van der Waals surface area contributed by atoms with Gasteiger partial charge in [0, 0.05) is 24.2 Å². The summed E-state index contributed by atoms with van der Waals surface area (Å²) >= 11 is 0. The third-order valence-corrected chi connectivity index (χ3v) is 4.67. The van der Waals surface area contributed by atoms with Gasteiger partial charge in [-0.1, -0.05) is 12.8 Å². The summed E-state index contributed by atoms with van der Waals surface area (Å²) < 4.78 is 0. The van der Waals surface area contributed by atoms with Gasteiger partial charge in [-0.15, -0.1) is 0 Å². The molecule has 0 spiro atoms. The first kappa shape index (κ1) is 9.17. The molecule has 1 saturated carbocycles. The van der Waals surface area contributed by atoms with Gasteiger partial charge in [-0.05, 0) is 38.5 Å². The van der Waals surface area contributed by atoms with Crippen LogP contribution < -0.4 is 5.73 Å². The molecule has 0 radical (unpaired) electrons. The molecule has 2 nitrogen and oxygen atoms in total. The lowest BCUT2D eigenvalue weighted by Gasteiger charge is -2.38. The molecule has 2 aliphatic heterocycles. The Morgan fingerprint density at radius 3 is 1.93 bits per heavy atom. The van der Waals surface area contributed by atoms with Crippen LogP contribution in [0.25, 0.3) is 0 Å². The Bertz CT molecular complexity index is 196. The van der Waals surface area contributed by atoms with E-state index < -0.39 is 0 Å². The number of nitrogens with zero attached hydrogens (tertiary/aromatic N) is 1. The molecule has 0 amide bonds. The monoisotopic (exact) mass is 194 g/mol. The summed E-state index contributed by atoms with van der Waals surface area (Å²) in [6.45, 7) is 0. The Hall–Kier alpha value is -0.0800. The van der Waals surface area contributed by atoms with E-state index in [4.69, 9.17) is 5.73 Å². The van der Waals surface area contributed by atoms with Crippen molar-refractivity contribution in [2.75, 3.05) is 0 Å². The van der Waals surface area contributed by atoms with Gasteiger partial charge >= 0.3 is 0 Å². The minimum atomic E-state index is 0.477. The molecule has 2 N–H and O–H groups in total. The Morgan fingerprint density at radius 1 is 0.786 bits per heavy atom. The highest BCUT2D eigenvalue weighted by Gasteiger charge is 2.44. The van der Waals surface area contributed by atoms with Crippen LogP contribution in [0.2, 0.25) is 0 Å². The molecule has 3 rings (SSSR count). The SMILES string of the molecule is NC1CCCCC1N1C2CCC1CC2. The van der Waals surface area contributed by atoms with E-state index in [1.165, 1.54) is 51.4 Å². The zero-order valence-corrected chi connectivity index (χ0v) is 8.99. The highest BCUT2D eigenvalue weighted by atomic mass is 15.3. The molecule has 0 aromatic carbocycles. The van der Waals surface area contributed by atoms with Crippen LogP contribution in [0.4, 0.5) is 0 Å². The Labute approximate surface area is 86.8 Å². The van der Waals surface area contributed by atoms with Crippen LogP contribution in [0, 0.1) is 0 Å². The lowest BCUT2D eigenvalue weighted by atomic mass is 9.89. The van der Waals surface area contributed by atoms with Crippen LogP contribution in [0.15, 0.2) is 0 Å². The van der Waals surface area contributed by atoms with Crippen molar-refractivity contribution >= 4 is 0 Å². The standard InChI is InChI=1S/C12H22N2/c13-11-3-1-2-4-12(11)14-9-5-6-10(14)8-7-9/h9-12H,1-8,13H2. The molecule has 3 fully saturated rings. The van der Waals surface area contributed by atoms with Crippen molar-refractivity contribution in [3.8, 4) is 0 Å². The molecule has 0 aromatic heterocycles. The zero-order chi connectivity index (χ0) is 9.54. The maximum atomic E-state index is 6.27. The van der Waals surface area contributed by atoms with Gasteiger partial charge in [0.1, 0.15) is 0 Å². The van der Waals surface area contributed by atoms with Crippen molar-refractivity contribution in [2.45, 2.75) is 75.5 Å². The highest BCUT2D eigenvalue weighted by Crippen LogP contribution is 2.41.